The molecule has 232 valence electrons. The third-order valence-corrected chi connectivity index (χ3v) is 9.13. The molecule has 1 unspecified atom stereocenters. The van der Waals surface area contributed by atoms with Gasteiger partial charge in [0.15, 0.2) is 5.84 Å². The van der Waals surface area contributed by atoms with Gasteiger partial charge < -0.3 is 9.73 Å². The van der Waals surface area contributed by atoms with E-state index in [2.05, 4.69) is 145 Å². The van der Waals surface area contributed by atoms with E-state index < -0.39 is 0 Å². The Kier molecular flexibility index (Phi) is 7.17. The van der Waals surface area contributed by atoms with Crippen LogP contribution in [0.1, 0.15) is 22.9 Å². The van der Waals surface area contributed by atoms with Gasteiger partial charge in [0.25, 0.3) is 0 Å². The van der Waals surface area contributed by atoms with Gasteiger partial charge in [-0.05, 0) is 75.3 Å². The van der Waals surface area contributed by atoms with Gasteiger partial charge in [-0.2, -0.15) is 0 Å². The Labute approximate surface area is 284 Å². The van der Waals surface area contributed by atoms with Gasteiger partial charge in [-0.15, -0.1) is 0 Å². The molecule has 1 aliphatic rings. The molecule has 8 aromatic rings. The first-order chi connectivity index (χ1) is 24.3. The monoisotopic (exact) mass is 629 g/mol. The van der Waals surface area contributed by atoms with Crippen molar-refractivity contribution in [2.45, 2.75) is 6.17 Å². The Hall–Kier alpha value is -6.52. The van der Waals surface area contributed by atoms with Gasteiger partial charge in [0, 0.05) is 16.3 Å². The molecule has 0 spiro atoms. The lowest BCUT2D eigenvalue weighted by Gasteiger charge is -2.23. The first-order valence-corrected chi connectivity index (χ1v) is 16.5. The Bertz CT molecular complexity index is 2440. The zero-order chi connectivity index (χ0) is 32.6. The van der Waals surface area contributed by atoms with Crippen molar-refractivity contribution in [3.8, 4) is 33.4 Å². The molecule has 0 saturated heterocycles. The number of furan rings is 1. The summed E-state index contributed by atoms with van der Waals surface area (Å²) in [6.45, 7) is 0. The predicted molar refractivity (Wildman–Crippen MR) is 202 cm³/mol. The molecule has 0 bridgehead atoms. The summed E-state index contributed by atoms with van der Waals surface area (Å²) in [5, 5.41) is 5.65. The van der Waals surface area contributed by atoms with Crippen LogP contribution in [0, 0.1) is 0 Å². The zero-order valence-corrected chi connectivity index (χ0v) is 26.6. The maximum absolute atomic E-state index is 6.74. The first-order valence-electron chi connectivity index (χ1n) is 16.5. The third kappa shape index (κ3) is 5.49. The van der Waals surface area contributed by atoms with Crippen molar-refractivity contribution in [1.82, 2.24) is 5.32 Å². The number of fused-ring (bicyclic) bond motifs is 3. The van der Waals surface area contributed by atoms with Crippen LogP contribution in [0.4, 0.5) is 0 Å². The zero-order valence-electron chi connectivity index (χ0n) is 26.6. The quantitative estimate of drug-likeness (QED) is 0.199. The highest BCUT2D eigenvalue weighted by atomic mass is 16.3. The molecule has 9 rings (SSSR count). The van der Waals surface area contributed by atoms with Gasteiger partial charge in [-0.3, -0.25) is 0 Å². The lowest BCUT2D eigenvalue weighted by atomic mass is 9.93. The van der Waals surface area contributed by atoms with E-state index in [-0.39, 0.29) is 6.17 Å². The molecule has 1 aliphatic heterocycles. The SMILES string of the molecule is c1ccc(C2=NC(c3cccc4c3oc3cc(-c5cc(-c6ccccc6)cc(-c6ccccc6)c5)ccc34)=NC(c3ccccc3)N2)cc1. The number of hydrogen-bond donors (Lipinski definition) is 1. The highest BCUT2D eigenvalue weighted by molar-refractivity contribution is 6.19. The molecule has 0 radical (unpaired) electrons. The minimum Gasteiger partial charge on any atom is -0.455 e. The molecular weight excluding hydrogens is 599 g/mol. The molecule has 0 saturated carbocycles. The average Bonchev–Trinajstić information content (AvgIpc) is 3.57. The number of para-hydroxylation sites is 1. The lowest BCUT2D eigenvalue weighted by molar-refractivity contribution is 0.663. The largest absolute Gasteiger partial charge is 0.455 e. The molecule has 1 atom stereocenters. The van der Waals surface area contributed by atoms with E-state index in [9.17, 15) is 0 Å². The Balaban J connectivity index is 1.18. The Morgan fingerprint density at radius 2 is 1.02 bits per heavy atom. The number of nitrogens with zero attached hydrogens (tertiary/aromatic N) is 2. The molecule has 0 aliphatic carbocycles. The number of nitrogens with one attached hydrogen (secondary N) is 1. The van der Waals surface area contributed by atoms with Gasteiger partial charge in [0.1, 0.15) is 23.2 Å². The van der Waals surface area contributed by atoms with Crippen LogP contribution >= 0.6 is 0 Å². The van der Waals surface area contributed by atoms with E-state index in [1.165, 1.54) is 22.3 Å². The van der Waals surface area contributed by atoms with Crippen LogP contribution in [-0.2, 0) is 0 Å². The molecule has 2 heterocycles. The van der Waals surface area contributed by atoms with Crippen LogP contribution in [0.25, 0.3) is 55.3 Å². The summed E-state index contributed by atoms with van der Waals surface area (Å²) in [4.78, 5) is 10.2. The van der Waals surface area contributed by atoms with Crippen molar-refractivity contribution in [1.29, 1.82) is 0 Å². The normalized spacial score (nSPS) is 14.3. The summed E-state index contributed by atoms with van der Waals surface area (Å²) in [6, 6.07) is 61.2. The molecule has 1 aromatic heterocycles. The Morgan fingerprint density at radius 1 is 0.449 bits per heavy atom. The van der Waals surface area contributed by atoms with Crippen LogP contribution < -0.4 is 5.32 Å². The number of benzene rings is 7. The minimum atomic E-state index is -0.286. The van der Waals surface area contributed by atoms with E-state index in [1.54, 1.807) is 0 Å². The van der Waals surface area contributed by atoms with Crippen molar-refractivity contribution in [2.24, 2.45) is 9.98 Å². The molecule has 7 aromatic carbocycles. The van der Waals surface area contributed by atoms with Crippen molar-refractivity contribution in [3.05, 3.63) is 193 Å². The second-order valence-electron chi connectivity index (χ2n) is 12.3. The van der Waals surface area contributed by atoms with Crippen LogP contribution in [0.5, 0.6) is 0 Å². The van der Waals surface area contributed by atoms with Crippen LogP contribution in [0.2, 0.25) is 0 Å². The van der Waals surface area contributed by atoms with Gasteiger partial charge in [0.05, 0.1) is 5.56 Å². The summed E-state index contributed by atoms with van der Waals surface area (Å²) >= 11 is 0. The standard InChI is InChI=1S/C45H31N3O/c1-5-14-30(15-6-1)35-26-36(31-16-7-2-8-17-31)28-37(27-35)34-24-25-38-39-22-13-23-40(42(39)49-41(38)29-34)45-47-43(32-18-9-3-10-19-32)46-44(48-45)33-20-11-4-12-21-33/h1-29,43H,(H,46,47,48). The molecular formula is C45H31N3O. The fourth-order valence-corrected chi connectivity index (χ4v) is 6.66. The lowest BCUT2D eigenvalue weighted by Crippen LogP contribution is -2.33. The fraction of sp³-hybridized carbons (Fsp3) is 0.0222. The minimum absolute atomic E-state index is 0.286. The number of amidine groups is 2. The van der Waals surface area contributed by atoms with E-state index in [4.69, 9.17) is 14.4 Å². The van der Waals surface area contributed by atoms with Crippen molar-refractivity contribution < 1.29 is 4.42 Å². The van der Waals surface area contributed by atoms with E-state index in [0.29, 0.717) is 5.84 Å². The smallest absolute Gasteiger partial charge is 0.163 e. The van der Waals surface area contributed by atoms with E-state index >= 15 is 0 Å². The van der Waals surface area contributed by atoms with Crippen LogP contribution in [0.3, 0.4) is 0 Å². The molecule has 49 heavy (non-hydrogen) atoms. The Morgan fingerprint density at radius 3 is 1.65 bits per heavy atom. The number of aliphatic imine (C=N–C) groups is 2. The van der Waals surface area contributed by atoms with E-state index in [0.717, 1.165) is 55.6 Å². The van der Waals surface area contributed by atoms with Gasteiger partial charge in [-0.25, -0.2) is 9.98 Å². The molecule has 0 amide bonds. The van der Waals surface area contributed by atoms with Gasteiger partial charge >= 0.3 is 0 Å². The molecule has 4 nitrogen and oxygen atoms in total. The van der Waals surface area contributed by atoms with Crippen molar-refractivity contribution in [2.75, 3.05) is 0 Å². The highest BCUT2D eigenvalue weighted by Gasteiger charge is 2.23. The maximum Gasteiger partial charge on any atom is 0.163 e. The summed E-state index contributed by atoms with van der Waals surface area (Å²) in [5.41, 5.74) is 11.5. The maximum atomic E-state index is 6.74. The molecule has 1 N–H and O–H groups in total. The van der Waals surface area contributed by atoms with Gasteiger partial charge in [0.2, 0.25) is 0 Å². The molecule has 0 fully saturated rings. The summed E-state index contributed by atoms with van der Waals surface area (Å²) < 4.78 is 6.74. The second kappa shape index (κ2) is 12.3. The van der Waals surface area contributed by atoms with Crippen molar-refractivity contribution in [3.63, 3.8) is 0 Å². The number of rotatable bonds is 6. The summed E-state index contributed by atoms with van der Waals surface area (Å²) in [6.07, 6.45) is -0.286. The molecule has 4 heteroatoms. The van der Waals surface area contributed by atoms with Crippen LogP contribution in [-0.4, -0.2) is 11.7 Å². The predicted octanol–water partition coefficient (Wildman–Crippen LogP) is 11.1. The van der Waals surface area contributed by atoms with E-state index in [1.807, 2.05) is 36.4 Å². The fourth-order valence-electron chi connectivity index (χ4n) is 6.66. The topological polar surface area (TPSA) is 49.9 Å². The van der Waals surface area contributed by atoms with Gasteiger partial charge in [-0.1, -0.05) is 140 Å². The second-order valence-corrected chi connectivity index (χ2v) is 12.3. The average molecular weight is 630 g/mol. The van der Waals surface area contributed by atoms with Crippen molar-refractivity contribution >= 4 is 33.6 Å². The highest BCUT2D eigenvalue weighted by Crippen LogP contribution is 2.37. The third-order valence-electron chi connectivity index (χ3n) is 9.13. The number of hydrogen-bond acceptors (Lipinski definition) is 4. The van der Waals surface area contributed by atoms with Crippen LogP contribution in [0.15, 0.2) is 190 Å². The summed E-state index contributed by atoms with van der Waals surface area (Å²) in [5.74, 6) is 1.42. The summed E-state index contributed by atoms with van der Waals surface area (Å²) in [7, 11) is 0. The first kappa shape index (κ1) is 28.7.